The highest BCUT2D eigenvalue weighted by Gasteiger charge is 2.23. The van der Waals surface area contributed by atoms with E-state index in [0.717, 1.165) is 43.7 Å². The summed E-state index contributed by atoms with van der Waals surface area (Å²) in [6.45, 7) is 6.08. The fraction of sp³-hybridized carbons (Fsp3) is 0.440. The fourth-order valence-electron chi connectivity index (χ4n) is 3.87. The lowest BCUT2D eigenvalue weighted by Crippen LogP contribution is -2.40. The van der Waals surface area contributed by atoms with Gasteiger partial charge >= 0.3 is 6.03 Å². The molecule has 0 radical (unpaired) electrons. The van der Waals surface area contributed by atoms with Gasteiger partial charge in [0, 0.05) is 26.2 Å². The largest absolute Gasteiger partial charge is 0.494 e. The molecular formula is C25H34N4O3. The third-order valence-corrected chi connectivity index (χ3v) is 5.65. The lowest BCUT2D eigenvalue weighted by atomic mass is 9.97. The molecule has 2 aromatic carbocycles. The summed E-state index contributed by atoms with van der Waals surface area (Å²) in [6, 6.07) is 15.9. The molecule has 1 saturated heterocycles. The Hall–Kier alpha value is -3.06. The first-order valence-electron chi connectivity index (χ1n) is 11.3. The molecule has 1 aliphatic heterocycles. The quantitative estimate of drug-likeness (QED) is 0.497. The van der Waals surface area contributed by atoms with Crippen LogP contribution in [0.25, 0.3) is 0 Å². The molecule has 0 bridgehead atoms. The Morgan fingerprint density at radius 2 is 1.91 bits per heavy atom. The summed E-state index contributed by atoms with van der Waals surface area (Å²) in [7, 11) is 0. The Kier molecular flexibility index (Phi) is 8.92. The van der Waals surface area contributed by atoms with Gasteiger partial charge in [0.1, 0.15) is 5.75 Å². The predicted octanol–water partition coefficient (Wildman–Crippen LogP) is 2.96. The van der Waals surface area contributed by atoms with E-state index in [9.17, 15) is 9.59 Å². The van der Waals surface area contributed by atoms with Crippen LogP contribution in [0.1, 0.15) is 36.0 Å². The summed E-state index contributed by atoms with van der Waals surface area (Å²) < 4.78 is 5.67. The van der Waals surface area contributed by atoms with Crippen LogP contribution in [-0.2, 0) is 17.9 Å². The van der Waals surface area contributed by atoms with E-state index in [4.69, 9.17) is 10.5 Å². The molecule has 7 nitrogen and oxygen atoms in total. The smallest absolute Gasteiger partial charge is 0.315 e. The van der Waals surface area contributed by atoms with Gasteiger partial charge < -0.3 is 21.1 Å². The van der Waals surface area contributed by atoms with Crippen LogP contribution < -0.4 is 21.1 Å². The van der Waals surface area contributed by atoms with Crippen molar-refractivity contribution >= 4 is 11.9 Å². The SMILES string of the molecule is Cc1ccc(OCCCNC(=O)NCc2cccc(CN3CCCC(C(N)=O)C3)c2)cc1. The van der Waals surface area contributed by atoms with E-state index in [-0.39, 0.29) is 17.9 Å². The van der Waals surface area contributed by atoms with Crippen LogP contribution in [0.5, 0.6) is 5.75 Å². The van der Waals surface area contributed by atoms with E-state index in [2.05, 4.69) is 27.7 Å². The number of primary amides is 1. The van der Waals surface area contributed by atoms with Gasteiger partial charge in [-0.15, -0.1) is 0 Å². The van der Waals surface area contributed by atoms with Crippen LogP contribution in [0.2, 0.25) is 0 Å². The molecule has 1 heterocycles. The average Bonchev–Trinajstić information content (AvgIpc) is 2.79. The highest BCUT2D eigenvalue weighted by molar-refractivity contribution is 5.77. The van der Waals surface area contributed by atoms with Crippen molar-refractivity contribution in [3.8, 4) is 5.75 Å². The van der Waals surface area contributed by atoms with Crippen LogP contribution in [0.15, 0.2) is 48.5 Å². The molecule has 32 heavy (non-hydrogen) atoms. The maximum absolute atomic E-state index is 12.1. The summed E-state index contributed by atoms with van der Waals surface area (Å²) >= 11 is 0. The second-order valence-corrected chi connectivity index (χ2v) is 8.42. The Morgan fingerprint density at radius 1 is 1.12 bits per heavy atom. The number of carbonyl (C=O) groups is 2. The molecule has 1 fully saturated rings. The monoisotopic (exact) mass is 438 g/mol. The van der Waals surface area contributed by atoms with E-state index in [1.807, 2.05) is 43.3 Å². The van der Waals surface area contributed by atoms with Crippen LogP contribution >= 0.6 is 0 Å². The minimum Gasteiger partial charge on any atom is -0.494 e. The van der Waals surface area contributed by atoms with E-state index in [0.29, 0.717) is 26.2 Å². The Balaban J connectivity index is 1.34. The lowest BCUT2D eigenvalue weighted by Gasteiger charge is -2.31. The van der Waals surface area contributed by atoms with Gasteiger partial charge in [0.25, 0.3) is 0 Å². The Morgan fingerprint density at radius 3 is 2.69 bits per heavy atom. The first kappa shape index (κ1) is 23.6. The number of nitrogens with two attached hydrogens (primary N) is 1. The highest BCUT2D eigenvalue weighted by Crippen LogP contribution is 2.19. The van der Waals surface area contributed by atoms with E-state index in [1.165, 1.54) is 11.1 Å². The van der Waals surface area contributed by atoms with E-state index < -0.39 is 0 Å². The summed E-state index contributed by atoms with van der Waals surface area (Å²) in [5.74, 6) is 0.578. The standard InChI is InChI=1S/C25H34N4O3/c1-19-8-10-23(11-9-19)32-14-4-12-27-25(31)28-16-20-5-2-6-21(15-20)17-29-13-3-7-22(18-29)24(26)30/h2,5-6,8-11,15,22H,3-4,7,12-14,16-18H2,1H3,(H2,26,30)(H2,27,28,31). The molecule has 4 N–H and O–H groups in total. The number of carbonyl (C=O) groups excluding carboxylic acids is 2. The van der Waals surface area contributed by atoms with Gasteiger partial charge in [0.05, 0.1) is 12.5 Å². The molecule has 3 rings (SSSR count). The number of rotatable bonds is 10. The zero-order valence-electron chi connectivity index (χ0n) is 18.8. The molecule has 1 atom stereocenters. The molecule has 1 unspecified atom stereocenters. The fourth-order valence-corrected chi connectivity index (χ4v) is 3.87. The summed E-state index contributed by atoms with van der Waals surface area (Å²) in [5, 5.41) is 5.76. The lowest BCUT2D eigenvalue weighted by molar-refractivity contribution is -0.123. The number of ether oxygens (including phenoxy) is 1. The summed E-state index contributed by atoms with van der Waals surface area (Å²) in [4.78, 5) is 25.8. The van der Waals surface area contributed by atoms with Crippen molar-refractivity contribution in [2.75, 3.05) is 26.2 Å². The molecule has 1 aliphatic rings. The molecule has 0 aliphatic carbocycles. The van der Waals surface area contributed by atoms with Crippen molar-refractivity contribution in [3.63, 3.8) is 0 Å². The summed E-state index contributed by atoms with van der Waals surface area (Å²) in [5.41, 5.74) is 8.89. The number of urea groups is 1. The normalized spacial score (nSPS) is 16.3. The topological polar surface area (TPSA) is 96.7 Å². The molecule has 3 amide bonds. The molecular weight excluding hydrogens is 404 g/mol. The van der Waals surface area contributed by atoms with Crippen molar-refractivity contribution in [2.45, 2.75) is 39.3 Å². The number of nitrogens with one attached hydrogen (secondary N) is 2. The minimum atomic E-state index is -0.208. The Bertz CT molecular complexity index is 885. The second-order valence-electron chi connectivity index (χ2n) is 8.42. The number of amides is 3. The van der Waals surface area contributed by atoms with Gasteiger partial charge in [-0.1, -0.05) is 42.0 Å². The van der Waals surface area contributed by atoms with E-state index >= 15 is 0 Å². The average molecular weight is 439 g/mol. The molecule has 0 spiro atoms. The van der Waals surface area contributed by atoms with Gasteiger partial charge in [0.2, 0.25) is 5.91 Å². The maximum atomic E-state index is 12.1. The van der Waals surface area contributed by atoms with Crippen LogP contribution in [0, 0.1) is 12.8 Å². The maximum Gasteiger partial charge on any atom is 0.315 e. The van der Waals surface area contributed by atoms with Gasteiger partial charge in [-0.05, 0) is 56.0 Å². The number of hydrogen-bond donors (Lipinski definition) is 3. The third-order valence-electron chi connectivity index (χ3n) is 5.65. The minimum absolute atomic E-state index is 0.0559. The second kappa shape index (κ2) is 12.1. The van der Waals surface area contributed by atoms with Crippen molar-refractivity contribution in [1.29, 1.82) is 0 Å². The molecule has 0 aromatic heterocycles. The zero-order valence-corrected chi connectivity index (χ0v) is 18.8. The zero-order chi connectivity index (χ0) is 22.8. The molecule has 7 heteroatoms. The van der Waals surface area contributed by atoms with Crippen LogP contribution in [-0.4, -0.2) is 43.1 Å². The first-order valence-corrected chi connectivity index (χ1v) is 11.3. The van der Waals surface area contributed by atoms with Crippen LogP contribution in [0.3, 0.4) is 0 Å². The first-order chi connectivity index (χ1) is 15.5. The van der Waals surface area contributed by atoms with Gasteiger partial charge in [-0.2, -0.15) is 0 Å². The van der Waals surface area contributed by atoms with Gasteiger partial charge in [-0.3, -0.25) is 9.69 Å². The highest BCUT2D eigenvalue weighted by atomic mass is 16.5. The van der Waals surface area contributed by atoms with Crippen molar-refractivity contribution < 1.29 is 14.3 Å². The number of nitrogens with zero attached hydrogens (tertiary/aromatic N) is 1. The van der Waals surface area contributed by atoms with Crippen molar-refractivity contribution in [2.24, 2.45) is 11.7 Å². The Labute approximate surface area is 190 Å². The number of likely N-dealkylation sites (tertiary alicyclic amines) is 1. The number of hydrogen-bond acceptors (Lipinski definition) is 4. The number of piperidine rings is 1. The molecule has 0 saturated carbocycles. The van der Waals surface area contributed by atoms with Crippen LogP contribution in [0.4, 0.5) is 4.79 Å². The van der Waals surface area contributed by atoms with Gasteiger partial charge in [-0.25, -0.2) is 4.79 Å². The number of aryl methyl sites for hydroxylation is 1. The number of benzene rings is 2. The molecule has 2 aromatic rings. The van der Waals surface area contributed by atoms with Gasteiger partial charge in [0.15, 0.2) is 0 Å². The third kappa shape index (κ3) is 7.89. The predicted molar refractivity (Wildman–Crippen MR) is 125 cm³/mol. The van der Waals surface area contributed by atoms with Crippen molar-refractivity contribution in [3.05, 3.63) is 65.2 Å². The van der Waals surface area contributed by atoms with Crippen molar-refractivity contribution in [1.82, 2.24) is 15.5 Å². The summed E-state index contributed by atoms with van der Waals surface area (Å²) in [6.07, 6.45) is 2.60. The molecule has 172 valence electrons. The van der Waals surface area contributed by atoms with E-state index in [1.54, 1.807) is 0 Å².